The zero-order valence-corrected chi connectivity index (χ0v) is 29.7. The van der Waals surface area contributed by atoms with Gasteiger partial charge in [-0.15, -0.1) is 27.7 Å². The third-order valence-corrected chi connectivity index (χ3v) is 11.6. The first-order chi connectivity index (χ1) is 26.4. The van der Waals surface area contributed by atoms with Crippen LogP contribution < -0.4 is 27.3 Å². The standard InChI is InChI=1S/C45H22B5N3S/c46-37-36(38(47)40(49)41(50)39(37)48)45-52-43(23-9-2-1-3-10-23)51-44(53-45)25-18-20-35-34(22-25)32-16-8-15-26(42(32)54-35)24-17-19-31-29-13-5-4-11-27(29)28-12-6-7-14-30(28)33(31)21-24/h1-22H. The molecule has 2 heterocycles. The normalized spacial score (nSPS) is 11.7. The minimum atomic E-state index is 0.131. The molecule has 0 aliphatic rings. The Bertz CT molecular complexity index is 3120. The van der Waals surface area contributed by atoms with Crippen molar-refractivity contribution in [2.45, 2.75) is 0 Å². The van der Waals surface area contributed by atoms with E-state index in [9.17, 15) is 0 Å². The zero-order chi connectivity index (χ0) is 36.7. The molecular formula is C45H22B5N3S. The molecule has 10 radical (unpaired) electrons. The molecule has 0 fully saturated rings. The van der Waals surface area contributed by atoms with Crippen molar-refractivity contribution in [3.8, 4) is 45.3 Å². The predicted molar refractivity (Wildman–Crippen MR) is 234 cm³/mol. The molecule has 3 nitrogen and oxygen atoms in total. The van der Waals surface area contributed by atoms with Crippen LogP contribution in [0.25, 0.3) is 97.8 Å². The lowest BCUT2D eigenvalue weighted by atomic mass is 9.60. The number of nitrogens with zero attached hydrogens (tertiary/aromatic N) is 3. The van der Waals surface area contributed by atoms with Gasteiger partial charge in [0.25, 0.3) is 0 Å². The van der Waals surface area contributed by atoms with Gasteiger partial charge >= 0.3 is 0 Å². The van der Waals surface area contributed by atoms with Gasteiger partial charge in [-0.1, -0.05) is 120 Å². The topological polar surface area (TPSA) is 38.7 Å². The van der Waals surface area contributed by atoms with Crippen LogP contribution in [0, 0.1) is 0 Å². The van der Waals surface area contributed by atoms with Gasteiger partial charge in [-0.05, 0) is 67.7 Å². The Hall–Kier alpha value is -5.91. The molecule has 0 aliphatic carbocycles. The number of benzene rings is 8. The summed E-state index contributed by atoms with van der Waals surface area (Å²) in [5.74, 6) is 1.16. The van der Waals surface area contributed by atoms with Gasteiger partial charge < -0.3 is 0 Å². The van der Waals surface area contributed by atoms with Gasteiger partial charge in [0.2, 0.25) is 0 Å². The summed E-state index contributed by atoms with van der Waals surface area (Å²) in [5.41, 5.74) is 5.03. The van der Waals surface area contributed by atoms with Crippen LogP contribution in [0.4, 0.5) is 0 Å². The molecule has 0 atom stereocenters. The second kappa shape index (κ2) is 12.6. The fourth-order valence-corrected chi connectivity index (χ4v) is 8.88. The highest BCUT2D eigenvalue weighted by Gasteiger charge is 2.19. The maximum Gasteiger partial charge on any atom is 0.164 e. The van der Waals surface area contributed by atoms with E-state index in [2.05, 4.69) is 97.1 Å². The van der Waals surface area contributed by atoms with E-state index >= 15 is 0 Å². The highest BCUT2D eigenvalue weighted by atomic mass is 32.1. The molecule has 8 aromatic carbocycles. The van der Waals surface area contributed by atoms with Gasteiger partial charge in [0.05, 0.1) is 0 Å². The number of rotatable bonds is 4. The van der Waals surface area contributed by atoms with Gasteiger partial charge in [-0.25, -0.2) is 15.0 Å². The first-order valence-electron chi connectivity index (χ1n) is 17.5. The lowest BCUT2D eigenvalue weighted by molar-refractivity contribution is 1.08. The summed E-state index contributed by atoms with van der Waals surface area (Å²) in [5, 5.41) is 9.80. The molecular weight excluding hydrogens is 669 g/mol. The van der Waals surface area contributed by atoms with Crippen molar-refractivity contribution < 1.29 is 0 Å². The Morgan fingerprint density at radius 2 is 0.852 bits per heavy atom. The first kappa shape index (κ1) is 32.7. The minimum Gasteiger partial charge on any atom is -0.208 e. The van der Waals surface area contributed by atoms with Crippen molar-refractivity contribution in [2.24, 2.45) is 0 Å². The van der Waals surface area contributed by atoms with Crippen molar-refractivity contribution in [3.05, 3.63) is 133 Å². The smallest absolute Gasteiger partial charge is 0.164 e. The Morgan fingerprint density at radius 3 is 1.52 bits per heavy atom. The third-order valence-electron chi connectivity index (χ3n) is 10.4. The second-order valence-corrected chi connectivity index (χ2v) is 14.5. The molecule has 0 amide bonds. The summed E-state index contributed by atoms with van der Waals surface area (Å²) in [6.07, 6.45) is 0. The average Bonchev–Trinajstić information content (AvgIpc) is 3.61. The van der Waals surface area contributed by atoms with Crippen LogP contribution in [0.15, 0.2) is 133 Å². The summed E-state index contributed by atoms with van der Waals surface area (Å²) in [7, 11) is 31.6. The van der Waals surface area contributed by atoms with Crippen LogP contribution in [0.3, 0.4) is 0 Å². The number of hydrogen-bond donors (Lipinski definition) is 0. The summed E-state index contributed by atoms with van der Waals surface area (Å²) >= 11 is 1.78. The minimum absolute atomic E-state index is 0.131. The summed E-state index contributed by atoms with van der Waals surface area (Å²) in [6, 6.07) is 46.7. The molecule has 238 valence electrons. The third kappa shape index (κ3) is 5.06. The number of thiophene rings is 1. The van der Waals surface area contributed by atoms with Crippen LogP contribution in [0.5, 0.6) is 0 Å². The maximum absolute atomic E-state index is 6.49. The predicted octanol–water partition coefficient (Wildman–Crippen LogP) is 6.34. The van der Waals surface area contributed by atoms with E-state index in [-0.39, 0.29) is 33.1 Å². The fourth-order valence-electron chi connectivity index (χ4n) is 7.66. The van der Waals surface area contributed by atoms with Crippen molar-refractivity contribution in [3.63, 3.8) is 0 Å². The van der Waals surface area contributed by atoms with Gasteiger partial charge in [-0.2, -0.15) is 0 Å². The molecule has 0 saturated carbocycles. The number of hydrogen-bond acceptors (Lipinski definition) is 4. The van der Waals surface area contributed by atoms with E-state index in [1.54, 1.807) is 11.3 Å². The van der Waals surface area contributed by atoms with Gasteiger partial charge in [0, 0.05) is 36.9 Å². The first-order valence-corrected chi connectivity index (χ1v) is 18.3. The maximum atomic E-state index is 6.49. The zero-order valence-electron chi connectivity index (χ0n) is 28.8. The molecule has 2 aromatic heterocycles. The molecule has 10 aromatic rings. The highest BCUT2D eigenvalue weighted by Crippen LogP contribution is 2.43. The van der Waals surface area contributed by atoms with E-state index in [1.165, 1.54) is 48.1 Å². The Morgan fingerprint density at radius 1 is 0.352 bits per heavy atom. The van der Waals surface area contributed by atoms with Crippen molar-refractivity contribution >= 4 is 130 Å². The molecule has 0 bridgehead atoms. The van der Waals surface area contributed by atoms with E-state index in [4.69, 9.17) is 54.2 Å². The van der Waals surface area contributed by atoms with E-state index in [1.807, 2.05) is 36.4 Å². The van der Waals surface area contributed by atoms with Gasteiger partial charge in [-0.3, -0.25) is 0 Å². The Labute approximate surface area is 322 Å². The second-order valence-electron chi connectivity index (χ2n) is 13.5. The summed E-state index contributed by atoms with van der Waals surface area (Å²) in [6.45, 7) is 0. The lowest BCUT2D eigenvalue weighted by Crippen LogP contribution is -2.55. The molecule has 0 spiro atoms. The molecule has 0 N–H and O–H groups in total. The molecule has 0 unspecified atom stereocenters. The van der Waals surface area contributed by atoms with Gasteiger partial charge in [0.1, 0.15) is 39.2 Å². The number of aromatic nitrogens is 3. The largest absolute Gasteiger partial charge is 0.208 e. The van der Waals surface area contributed by atoms with Crippen LogP contribution in [-0.2, 0) is 0 Å². The lowest BCUT2D eigenvalue weighted by Gasteiger charge is -2.20. The highest BCUT2D eigenvalue weighted by molar-refractivity contribution is 7.26. The van der Waals surface area contributed by atoms with E-state index in [0.717, 1.165) is 26.6 Å². The Balaban J connectivity index is 1.15. The SMILES string of the molecule is [B]c1c([B])c([B])c(-c2nc(-c3ccccc3)nc(-c3ccc4sc5c(-c6ccc7c8ccccc8c8ccccc8c7c6)cccc5c4c3)n2)c([B])c1[B]. The van der Waals surface area contributed by atoms with Crippen molar-refractivity contribution in [1.82, 2.24) is 15.0 Å². The molecule has 0 saturated heterocycles. The van der Waals surface area contributed by atoms with Gasteiger partial charge in [0.15, 0.2) is 17.5 Å². The molecule has 10 rings (SSSR count). The number of fused-ring (bicyclic) bond motifs is 9. The van der Waals surface area contributed by atoms with Crippen LogP contribution in [0.2, 0.25) is 0 Å². The van der Waals surface area contributed by atoms with Crippen LogP contribution in [-0.4, -0.2) is 54.2 Å². The van der Waals surface area contributed by atoms with Crippen LogP contribution >= 0.6 is 11.3 Å². The van der Waals surface area contributed by atoms with Crippen molar-refractivity contribution in [1.29, 1.82) is 0 Å². The fraction of sp³-hybridized carbons (Fsp3) is 0. The monoisotopic (exact) mass is 691 g/mol. The Kier molecular flexibility index (Phi) is 7.64. The average molecular weight is 691 g/mol. The molecule has 54 heavy (non-hydrogen) atoms. The van der Waals surface area contributed by atoms with Crippen molar-refractivity contribution in [2.75, 3.05) is 0 Å². The van der Waals surface area contributed by atoms with E-state index < -0.39 is 0 Å². The van der Waals surface area contributed by atoms with E-state index in [0.29, 0.717) is 17.2 Å². The molecule has 9 heteroatoms. The quantitative estimate of drug-likeness (QED) is 0.160. The van der Waals surface area contributed by atoms with Crippen LogP contribution in [0.1, 0.15) is 0 Å². The summed E-state index contributed by atoms with van der Waals surface area (Å²) < 4.78 is 2.37. The summed E-state index contributed by atoms with van der Waals surface area (Å²) in [4.78, 5) is 14.7. The molecule has 0 aliphatic heterocycles.